The third-order valence-corrected chi connectivity index (χ3v) is 4.45. The molecule has 5 heteroatoms. The van der Waals surface area contributed by atoms with E-state index < -0.39 is 0 Å². The highest BCUT2D eigenvalue weighted by Crippen LogP contribution is 2.29. The normalized spacial score (nSPS) is 10.3. The van der Waals surface area contributed by atoms with Crippen LogP contribution in [0.4, 0.5) is 11.4 Å². The number of ether oxygens (including phenoxy) is 1. The SMILES string of the molecule is O=C(Nc1ccccc1Oc1ccccc1)c1cncc(NCc2ccccc2)c1. The van der Waals surface area contributed by atoms with Gasteiger partial charge in [0, 0.05) is 18.9 Å². The van der Waals surface area contributed by atoms with E-state index in [1.165, 1.54) is 0 Å². The summed E-state index contributed by atoms with van der Waals surface area (Å²) < 4.78 is 5.91. The number of anilines is 2. The summed E-state index contributed by atoms with van der Waals surface area (Å²) in [6.07, 6.45) is 3.25. The Balaban J connectivity index is 1.45. The molecule has 30 heavy (non-hydrogen) atoms. The van der Waals surface area contributed by atoms with Gasteiger partial charge in [0.2, 0.25) is 0 Å². The van der Waals surface area contributed by atoms with Gasteiger partial charge in [-0.2, -0.15) is 0 Å². The summed E-state index contributed by atoms with van der Waals surface area (Å²) in [6, 6.07) is 28.6. The highest BCUT2D eigenvalue weighted by molar-refractivity contribution is 6.05. The zero-order valence-corrected chi connectivity index (χ0v) is 16.3. The van der Waals surface area contributed by atoms with Crippen molar-refractivity contribution < 1.29 is 9.53 Å². The zero-order valence-electron chi connectivity index (χ0n) is 16.3. The Kier molecular flexibility index (Phi) is 6.01. The van der Waals surface area contributed by atoms with Gasteiger partial charge in [-0.05, 0) is 35.9 Å². The van der Waals surface area contributed by atoms with Crippen molar-refractivity contribution in [1.82, 2.24) is 4.98 Å². The van der Waals surface area contributed by atoms with Gasteiger partial charge in [-0.25, -0.2) is 0 Å². The molecule has 148 valence electrons. The van der Waals surface area contributed by atoms with E-state index >= 15 is 0 Å². The number of hydrogen-bond donors (Lipinski definition) is 2. The maximum Gasteiger partial charge on any atom is 0.257 e. The average Bonchev–Trinajstić information content (AvgIpc) is 2.80. The molecular formula is C25H21N3O2. The van der Waals surface area contributed by atoms with Crippen molar-refractivity contribution >= 4 is 17.3 Å². The second kappa shape index (κ2) is 9.39. The molecule has 0 fully saturated rings. The van der Waals surface area contributed by atoms with Gasteiger partial charge in [0.05, 0.1) is 16.9 Å². The van der Waals surface area contributed by atoms with Gasteiger partial charge < -0.3 is 15.4 Å². The van der Waals surface area contributed by atoms with Crippen molar-refractivity contribution in [3.63, 3.8) is 0 Å². The number of aromatic nitrogens is 1. The van der Waals surface area contributed by atoms with Crippen LogP contribution in [0, 0.1) is 0 Å². The molecule has 5 nitrogen and oxygen atoms in total. The van der Waals surface area contributed by atoms with Crippen LogP contribution in [0.15, 0.2) is 103 Å². The topological polar surface area (TPSA) is 63.2 Å². The number of nitrogens with one attached hydrogen (secondary N) is 2. The number of hydrogen-bond acceptors (Lipinski definition) is 4. The van der Waals surface area contributed by atoms with Crippen molar-refractivity contribution in [3.8, 4) is 11.5 Å². The molecule has 2 N–H and O–H groups in total. The highest BCUT2D eigenvalue weighted by atomic mass is 16.5. The van der Waals surface area contributed by atoms with Crippen molar-refractivity contribution in [2.24, 2.45) is 0 Å². The molecule has 0 bridgehead atoms. The van der Waals surface area contributed by atoms with Gasteiger partial charge in [0.15, 0.2) is 5.75 Å². The first-order chi connectivity index (χ1) is 14.8. The molecule has 1 heterocycles. The third kappa shape index (κ3) is 5.02. The van der Waals surface area contributed by atoms with Gasteiger partial charge >= 0.3 is 0 Å². The summed E-state index contributed by atoms with van der Waals surface area (Å²) in [5.74, 6) is 1.02. The maximum atomic E-state index is 12.8. The Morgan fingerprint density at radius 3 is 2.33 bits per heavy atom. The van der Waals surface area contributed by atoms with Gasteiger partial charge in [-0.3, -0.25) is 9.78 Å². The number of carbonyl (C=O) groups excluding carboxylic acids is 1. The van der Waals surface area contributed by atoms with Crippen molar-refractivity contribution in [1.29, 1.82) is 0 Å². The number of amides is 1. The zero-order chi connectivity index (χ0) is 20.6. The molecule has 3 aromatic carbocycles. The van der Waals surface area contributed by atoms with Crippen molar-refractivity contribution in [2.75, 3.05) is 10.6 Å². The lowest BCUT2D eigenvalue weighted by Gasteiger charge is -2.13. The van der Waals surface area contributed by atoms with E-state index in [9.17, 15) is 4.79 Å². The first kappa shape index (κ1) is 19.2. The molecule has 0 atom stereocenters. The molecule has 1 aromatic heterocycles. The van der Waals surface area contributed by atoms with Crippen LogP contribution in [0.5, 0.6) is 11.5 Å². The second-order valence-corrected chi connectivity index (χ2v) is 6.67. The lowest BCUT2D eigenvalue weighted by Crippen LogP contribution is -2.13. The first-order valence-electron chi connectivity index (χ1n) is 9.64. The molecule has 0 unspecified atom stereocenters. The Labute approximate surface area is 175 Å². The minimum atomic E-state index is -0.255. The Bertz CT molecular complexity index is 1120. The molecule has 0 spiro atoms. The number of para-hydroxylation sites is 3. The Morgan fingerprint density at radius 1 is 0.833 bits per heavy atom. The second-order valence-electron chi connectivity index (χ2n) is 6.67. The van der Waals surface area contributed by atoms with E-state index in [0.717, 1.165) is 11.3 Å². The van der Waals surface area contributed by atoms with Crippen LogP contribution in [0.1, 0.15) is 15.9 Å². The van der Waals surface area contributed by atoms with E-state index in [2.05, 4.69) is 15.6 Å². The minimum Gasteiger partial charge on any atom is -0.455 e. The van der Waals surface area contributed by atoms with Gasteiger partial charge in [0.25, 0.3) is 5.91 Å². The largest absolute Gasteiger partial charge is 0.455 e. The molecule has 0 aliphatic rings. The summed E-state index contributed by atoms with van der Waals surface area (Å²) in [4.78, 5) is 17.0. The van der Waals surface area contributed by atoms with E-state index in [0.29, 0.717) is 29.3 Å². The van der Waals surface area contributed by atoms with Crippen LogP contribution in [-0.4, -0.2) is 10.9 Å². The Morgan fingerprint density at radius 2 is 1.53 bits per heavy atom. The van der Waals surface area contributed by atoms with E-state index in [4.69, 9.17) is 4.74 Å². The van der Waals surface area contributed by atoms with Gasteiger partial charge in [-0.15, -0.1) is 0 Å². The van der Waals surface area contributed by atoms with E-state index in [1.54, 1.807) is 24.5 Å². The number of pyridine rings is 1. The first-order valence-corrected chi connectivity index (χ1v) is 9.64. The van der Waals surface area contributed by atoms with Crippen LogP contribution in [0.3, 0.4) is 0 Å². The fourth-order valence-electron chi connectivity index (χ4n) is 2.93. The Hall–Kier alpha value is -4.12. The number of benzene rings is 3. The van der Waals surface area contributed by atoms with Gasteiger partial charge in [-0.1, -0.05) is 60.7 Å². The average molecular weight is 395 g/mol. The van der Waals surface area contributed by atoms with Gasteiger partial charge in [0.1, 0.15) is 5.75 Å². The van der Waals surface area contributed by atoms with Crippen LogP contribution in [0.2, 0.25) is 0 Å². The lowest BCUT2D eigenvalue weighted by molar-refractivity contribution is 0.102. The molecule has 0 saturated carbocycles. The summed E-state index contributed by atoms with van der Waals surface area (Å²) in [6.45, 7) is 0.654. The molecular weight excluding hydrogens is 374 g/mol. The minimum absolute atomic E-state index is 0.255. The van der Waals surface area contributed by atoms with Crippen LogP contribution < -0.4 is 15.4 Å². The predicted octanol–water partition coefficient (Wildman–Crippen LogP) is 5.74. The summed E-state index contributed by atoms with van der Waals surface area (Å²) in [7, 11) is 0. The number of nitrogens with zero attached hydrogens (tertiary/aromatic N) is 1. The third-order valence-electron chi connectivity index (χ3n) is 4.45. The number of rotatable bonds is 7. The standard InChI is InChI=1S/C25H21N3O2/c29-25(20-15-21(18-26-17-20)27-16-19-9-3-1-4-10-19)28-23-13-7-8-14-24(23)30-22-11-5-2-6-12-22/h1-15,17-18,27H,16H2,(H,28,29). The fraction of sp³-hybridized carbons (Fsp3) is 0.0400. The molecule has 4 aromatic rings. The summed E-state index contributed by atoms with van der Waals surface area (Å²) >= 11 is 0. The van der Waals surface area contributed by atoms with Crippen LogP contribution >= 0.6 is 0 Å². The number of carbonyl (C=O) groups is 1. The van der Waals surface area contributed by atoms with Crippen LogP contribution in [-0.2, 0) is 6.54 Å². The molecule has 4 rings (SSSR count). The highest BCUT2D eigenvalue weighted by Gasteiger charge is 2.11. The smallest absolute Gasteiger partial charge is 0.257 e. The fourth-order valence-corrected chi connectivity index (χ4v) is 2.93. The molecule has 0 aliphatic carbocycles. The monoisotopic (exact) mass is 395 g/mol. The van der Waals surface area contributed by atoms with Crippen molar-refractivity contribution in [3.05, 3.63) is 115 Å². The molecule has 0 radical (unpaired) electrons. The van der Waals surface area contributed by atoms with E-state index in [1.807, 2.05) is 78.9 Å². The summed E-state index contributed by atoms with van der Waals surface area (Å²) in [5, 5.41) is 6.21. The quantitative estimate of drug-likeness (QED) is 0.419. The maximum absolute atomic E-state index is 12.8. The molecule has 0 saturated heterocycles. The molecule has 0 aliphatic heterocycles. The lowest BCUT2D eigenvalue weighted by atomic mass is 10.2. The molecule has 1 amide bonds. The van der Waals surface area contributed by atoms with Crippen LogP contribution in [0.25, 0.3) is 0 Å². The van der Waals surface area contributed by atoms with Crippen molar-refractivity contribution in [2.45, 2.75) is 6.54 Å². The van der Waals surface area contributed by atoms with E-state index in [-0.39, 0.29) is 5.91 Å². The predicted molar refractivity (Wildman–Crippen MR) is 119 cm³/mol. The summed E-state index contributed by atoms with van der Waals surface area (Å²) in [5.41, 5.74) is 2.98.